The first-order valence-electron chi connectivity index (χ1n) is 5.32. The van der Waals surface area contributed by atoms with Crippen LogP contribution >= 0.6 is 0 Å². The molecule has 0 aromatic carbocycles. The van der Waals surface area contributed by atoms with E-state index in [0.29, 0.717) is 11.4 Å². The number of aromatic nitrogens is 2. The molecule has 0 aliphatic carbocycles. The Labute approximate surface area is 99.6 Å². The summed E-state index contributed by atoms with van der Waals surface area (Å²) < 4.78 is 1.79. The average molecular weight is 233 g/mol. The summed E-state index contributed by atoms with van der Waals surface area (Å²) in [5.41, 5.74) is 3.08. The van der Waals surface area contributed by atoms with Gasteiger partial charge in [0.2, 0.25) is 0 Å². The predicted octanol–water partition coefficient (Wildman–Crippen LogP) is 1.58. The zero-order valence-corrected chi connectivity index (χ0v) is 10.4. The largest absolute Gasteiger partial charge is 0.296 e. The Hall–Kier alpha value is -1.88. The number of hydrogen-bond donors (Lipinski definition) is 0. The standard InChI is InChI=1S/C12H15N3O2/c1-8-6-5-7-15-10(9(2)13-11(8)15)12(16)14(3)17-4/h5-7H,1-4H3. The number of imidazole rings is 1. The Morgan fingerprint density at radius 2 is 2.18 bits per heavy atom. The first-order chi connectivity index (χ1) is 8.06. The summed E-state index contributed by atoms with van der Waals surface area (Å²) in [6.07, 6.45) is 1.83. The van der Waals surface area contributed by atoms with Crippen LogP contribution in [0, 0.1) is 13.8 Å². The van der Waals surface area contributed by atoms with Crippen LogP contribution in [0.15, 0.2) is 18.3 Å². The molecule has 0 fully saturated rings. The van der Waals surface area contributed by atoms with Crippen molar-refractivity contribution in [1.29, 1.82) is 0 Å². The Morgan fingerprint density at radius 3 is 2.82 bits per heavy atom. The first-order valence-corrected chi connectivity index (χ1v) is 5.32. The molecule has 2 aromatic rings. The lowest BCUT2D eigenvalue weighted by atomic mass is 10.3. The van der Waals surface area contributed by atoms with Crippen LogP contribution < -0.4 is 0 Å². The number of pyridine rings is 1. The number of hydrogen-bond acceptors (Lipinski definition) is 3. The van der Waals surface area contributed by atoms with Crippen LogP contribution in [0.2, 0.25) is 0 Å². The van der Waals surface area contributed by atoms with Gasteiger partial charge in [-0.1, -0.05) is 6.07 Å². The molecule has 1 amide bonds. The normalized spacial score (nSPS) is 10.8. The molecule has 0 atom stereocenters. The van der Waals surface area contributed by atoms with E-state index in [1.807, 2.05) is 32.2 Å². The van der Waals surface area contributed by atoms with Crippen molar-refractivity contribution in [1.82, 2.24) is 14.4 Å². The topological polar surface area (TPSA) is 46.8 Å². The van der Waals surface area contributed by atoms with Crippen molar-refractivity contribution in [2.45, 2.75) is 13.8 Å². The van der Waals surface area contributed by atoms with E-state index in [0.717, 1.165) is 11.2 Å². The Balaban J connectivity index is 2.65. The third kappa shape index (κ3) is 1.78. The number of aryl methyl sites for hydroxylation is 2. The maximum atomic E-state index is 12.1. The number of hydroxylamine groups is 2. The van der Waals surface area contributed by atoms with E-state index in [1.165, 1.54) is 12.2 Å². The molecule has 5 heteroatoms. The molecular formula is C12H15N3O2. The predicted molar refractivity (Wildman–Crippen MR) is 63.8 cm³/mol. The van der Waals surface area contributed by atoms with Crippen LogP contribution in [-0.4, -0.2) is 34.5 Å². The molecule has 0 aliphatic rings. The number of carbonyl (C=O) groups excluding carboxylic acids is 1. The number of fused-ring (bicyclic) bond motifs is 1. The Bertz CT molecular complexity index is 574. The Kier molecular flexibility index (Phi) is 2.85. The summed E-state index contributed by atoms with van der Waals surface area (Å²) >= 11 is 0. The minimum Gasteiger partial charge on any atom is -0.295 e. The molecule has 0 saturated carbocycles. The van der Waals surface area contributed by atoms with Crippen molar-refractivity contribution in [3.8, 4) is 0 Å². The van der Waals surface area contributed by atoms with E-state index in [2.05, 4.69) is 4.98 Å². The zero-order chi connectivity index (χ0) is 12.6. The second kappa shape index (κ2) is 4.18. The smallest absolute Gasteiger partial charge is 0.295 e. The molecule has 0 radical (unpaired) electrons. The van der Waals surface area contributed by atoms with Crippen molar-refractivity contribution in [3.63, 3.8) is 0 Å². The van der Waals surface area contributed by atoms with Gasteiger partial charge in [0, 0.05) is 13.2 Å². The van der Waals surface area contributed by atoms with Crippen molar-refractivity contribution in [2.75, 3.05) is 14.2 Å². The van der Waals surface area contributed by atoms with Gasteiger partial charge in [0.15, 0.2) is 0 Å². The van der Waals surface area contributed by atoms with Crippen LogP contribution in [0.25, 0.3) is 5.65 Å². The van der Waals surface area contributed by atoms with E-state index < -0.39 is 0 Å². The molecule has 0 saturated heterocycles. The average Bonchev–Trinajstić information content (AvgIpc) is 2.65. The summed E-state index contributed by atoms with van der Waals surface area (Å²) in [4.78, 5) is 21.4. The van der Waals surface area contributed by atoms with Crippen LogP contribution in [0.5, 0.6) is 0 Å². The van der Waals surface area contributed by atoms with Crippen LogP contribution in [0.1, 0.15) is 21.7 Å². The molecule has 90 valence electrons. The Morgan fingerprint density at radius 1 is 1.47 bits per heavy atom. The van der Waals surface area contributed by atoms with E-state index in [1.54, 1.807) is 11.4 Å². The van der Waals surface area contributed by atoms with Gasteiger partial charge in [-0.3, -0.25) is 14.0 Å². The van der Waals surface area contributed by atoms with Gasteiger partial charge in [0.25, 0.3) is 5.91 Å². The van der Waals surface area contributed by atoms with E-state index in [9.17, 15) is 4.79 Å². The lowest BCUT2D eigenvalue weighted by Crippen LogP contribution is -2.27. The molecule has 5 nitrogen and oxygen atoms in total. The lowest BCUT2D eigenvalue weighted by molar-refractivity contribution is -0.0761. The molecule has 17 heavy (non-hydrogen) atoms. The number of amides is 1. The van der Waals surface area contributed by atoms with Gasteiger partial charge < -0.3 is 0 Å². The highest BCUT2D eigenvalue weighted by Gasteiger charge is 2.20. The van der Waals surface area contributed by atoms with Crippen molar-refractivity contribution >= 4 is 11.6 Å². The number of nitrogens with zero attached hydrogens (tertiary/aromatic N) is 3. The monoisotopic (exact) mass is 233 g/mol. The fourth-order valence-corrected chi connectivity index (χ4v) is 1.81. The second-order valence-corrected chi connectivity index (χ2v) is 3.92. The highest BCUT2D eigenvalue weighted by atomic mass is 16.7. The summed E-state index contributed by atoms with van der Waals surface area (Å²) in [6.45, 7) is 3.79. The highest BCUT2D eigenvalue weighted by molar-refractivity contribution is 5.94. The van der Waals surface area contributed by atoms with Gasteiger partial charge in [0.1, 0.15) is 11.3 Å². The van der Waals surface area contributed by atoms with Crippen molar-refractivity contribution in [2.24, 2.45) is 0 Å². The molecule has 0 bridgehead atoms. The molecular weight excluding hydrogens is 218 g/mol. The number of rotatable bonds is 2. The van der Waals surface area contributed by atoms with Crippen LogP contribution in [0.3, 0.4) is 0 Å². The lowest BCUT2D eigenvalue weighted by Gasteiger charge is -2.13. The van der Waals surface area contributed by atoms with Gasteiger partial charge >= 0.3 is 0 Å². The molecule has 2 rings (SSSR count). The first kappa shape index (κ1) is 11.6. The van der Waals surface area contributed by atoms with Crippen molar-refractivity contribution < 1.29 is 9.63 Å². The molecule has 0 spiro atoms. The van der Waals surface area contributed by atoms with Gasteiger partial charge in [-0.15, -0.1) is 0 Å². The summed E-state index contributed by atoms with van der Waals surface area (Å²) in [5.74, 6) is -0.205. The maximum Gasteiger partial charge on any atom is 0.296 e. The molecule has 2 heterocycles. The maximum absolute atomic E-state index is 12.1. The van der Waals surface area contributed by atoms with Crippen LogP contribution in [0.4, 0.5) is 0 Å². The minimum absolute atomic E-state index is 0.205. The molecule has 2 aromatic heterocycles. The molecule has 0 N–H and O–H groups in total. The van der Waals surface area contributed by atoms with E-state index >= 15 is 0 Å². The van der Waals surface area contributed by atoms with Gasteiger partial charge in [-0.2, -0.15) is 0 Å². The number of carbonyl (C=O) groups is 1. The zero-order valence-electron chi connectivity index (χ0n) is 10.4. The van der Waals surface area contributed by atoms with Crippen LogP contribution in [-0.2, 0) is 4.84 Å². The quantitative estimate of drug-likeness (QED) is 0.740. The molecule has 0 unspecified atom stereocenters. The highest BCUT2D eigenvalue weighted by Crippen LogP contribution is 2.16. The summed E-state index contributed by atoms with van der Waals surface area (Å²) in [5, 5.41) is 1.19. The second-order valence-electron chi connectivity index (χ2n) is 3.92. The van der Waals surface area contributed by atoms with Gasteiger partial charge in [-0.05, 0) is 25.5 Å². The molecule has 0 aliphatic heterocycles. The third-order valence-corrected chi connectivity index (χ3v) is 2.78. The summed E-state index contributed by atoms with van der Waals surface area (Å²) in [6, 6.07) is 3.86. The van der Waals surface area contributed by atoms with Gasteiger partial charge in [-0.25, -0.2) is 10.0 Å². The van der Waals surface area contributed by atoms with Gasteiger partial charge in [0.05, 0.1) is 12.8 Å². The van der Waals surface area contributed by atoms with E-state index in [4.69, 9.17) is 4.84 Å². The van der Waals surface area contributed by atoms with Crippen molar-refractivity contribution in [3.05, 3.63) is 35.3 Å². The SMILES string of the molecule is CON(C)C(=O)c1c(C)nc2c(C)cccn12. The summed E-state index contributed by atoms with van der Waals surface area (Å²) in [7, 11) is 3.04. The fraction of sp³-hybridized carbons (Fsp3) is 0.333. The van der Waals surface area contributed by atoms with E-state index in [-0.39, 0.29) is 5.91 Å². The third-order valence-electron chi connectivity index (χ3n) is 2.78. The minimum atomic E-state index is -0.205. The fourth-order valence-electron chi connectivity index (χ4n) is 1.81.